The third kappa shape index (κ3) is 2.30. The molecule has 2 rings (SSSR count). The fourth-order valence-corrected chi connectivity index (χ4v) is 2.24. The molecule has 1 saturated heterocycles. The van der Waals surface area contributed by atoms with E-state index in [-0.39, 0.29) is 16.3 Å². The molecule has 0 spiro atoms. The number of carbonyl (C=O) groups excluding carboxylic acids is 1. The van der Waals surface area contributed by atoms with E-state index in [4.69, 9.17) is 16.3 Å². The minimum Gasteiger partial charge on any atom is -0.378 e. The van der Waals surface area contributed by atoms with Crippen molar-refractivity contribution in [2.45, 2.75) is 11.4 Å². The van der Waals surface area contributed by atoms with Crippen LogP contribution in [0.25, 0.3) is 0 Å². The lowest BCUT2D eigenvalue weighted by molar-refractivity contribution is 0.0930. The molecule has 1 aliphatic heterocycles. The molecule has 1 fully saturated rings. The smallest absolute Gasteiger partial charge is 0.264 e. The molecule has 1 aromatic heterocycles. The Kier molecular flexibility index (Phi) is 3.23. The topological polar surface area (TPSA) is 38.3 Å². The Morgan fingerprint density at radius 2 is 2.47 bits per heavy atom. The van der Waals surface area contributed by atoms with Crippen LogP contribution >= 0.6 is 22.9 Å². The van der Waals surface area contributed by atoms with Crippen LogP contribution < -0.4 is 5.32 Å². The highest BCUT2D eigenvalue weighted by Gasteiger charge is 2.28. The van der Waals surface area contributed by atoms with Gasteiger partial charge in [0.2, 0.25) is 0 Å². The monoisotopic (exact) mass is 249 g/mol. The Hall–Kier alpha value is -0.650. The summed E-state index contributed by atoms with van der Waals surface area (Å²) in [7, 11) is 0. The first-order chi connectivity index (χ1) is 7.18. The van der Waals surface area contributed by atoms with Crippen molar-refractivity contribution in [2.24, 2.45) is 0 Å². The van der Waals surface area contributed by atoms with Gasteiger partial charge in [-0.15, -0.1) is 22.9 Å². The zero-order chi connectivity index (χ0) is 10.8. The zero-order valence-corrected chi connectivity index (χ0v) is 9.28. The molecule has 0 aromatic carbocycles. The quantitative estimate of drug-likeness (QED) is 0.809. The summed E-state index contributed by atoms with van der Waals surface area (Å²) in [5, 5.41) is 3.94. The summed E-state index contributed by atoms with van der Waals surface area (Å²) < 4.78 is 18.1. The molecule has 1 aliphatic rings. The van der Waals surface area contributed by atoms with E-state index in [9.17, 15) is 9.18 Å². The lowest BCUT2D eigenvalue weighted by Gasteiger charge is -2.12. The molecule has 2 unspecified atom stereocenters. The van der Waals surface area contributed by atoms with Gasteiger partial charge in [-0.05, 0) is 11.4 Å². The van der Waals surface area contributed by atoms with E-state index in [1.54, 1.807) is 0 Å². The summed E-state index contributed by atoms with van der Waals surface area (Å²) >= 11 is 6.96. The van der Waals surface area contributed by atoms with E-state index in [0.29, 0.717) is 13.2 Å². The Labute approximate surface area is 95.2 Å². The Balaban J connectivity index is 2.01. The third-order valence-electron chi connectivity index (χ3n) is 2.15. The Morgan fingerprint density at radius 3 is 3.00 bits per heavy atom. The van der Waals surface area contributed by atoms with Crippen molar-refractivity contribution in [2.75, 3.05) is 13.2 Å². The highest BCUT2D eigenvalue weighted by Crippen LogP contribution is 2.17. The zero-order valence-electron chi connectivity index (χ0n) is 7.70. The van der Waals surface area contributed by atoms with Gasteiger partial charge in [0.05, 0.1) is 24.6 Å². The van der Waals surface area contributed by atoms with Gasteiger partial charge in [0, 0.05) is 0 Å². The van der Waals surface area contributed by atoms with E-state index >= 15 is 0 Å². The number of amides is 1. The maximum Gasteiger partial charge on any atom is 0.264 e. The lowest BCUT2D eigenvalue weighted by atomic mass is 10.2. The van der Waals surface area contributed by atoms with Gasteiger partial charge in [0.1, 0.15) is 10.7 Å². The molecule has 1 amide bonds. The standard InChI is InChI=1S/C9H9ClFNO2S/c10-5-3-14-4-7(5)12-9(13)8-6(11)1-2-15-8/h1-2,5,7H,3-4H2,(H,12,13). The largest absolute Gasteiger partial charge is 0.378 e. The summed E-state index contributed by atoms with van der Waals surface area (Å²) in [5.41, 5.74) is 0. The maximum atomic E-state index is 13.1. The van der Waals surface area contributed by atoms with Gasteiger partial charge in [-0.1, -0.05) is 0 Å². The molecular weight excluding hydrogens is 241 g/mol. The van der Waals surface area contributed by atoms with E-state index in [1.165, 1.54) is 11.4 Å². The van der Waals surface area contributed by atoms with Crippen molar-refractivity contribution in [1.29, 1.82) is 0 Å². The van der Waals surface area contributed by atoms with Crippen molar-refractivity contribution < 1.29 is 13.9 Å². The molecule has 2 atom stereocenters. The summed E-state index contributed by atoms with van der Waals surface area (Å²) in [6.07, 6.45) is 0. The molecule has 1 aromatic rings. The second kappa shape index (κ2) is 4.47. The first kappa shape index (κ1) is 10.9. The molecule has 0 saturated carbocycles. The molecule has 3 nitrogen and oxygen atoms in total. The molecule has 0 bridgehead atoms. The summed E-state index contributed by atoms with van der Waals surface area (Å²) in [4.78, 5) is 11.7. The number of halogens is 2. The van der Waals surface area contributed by atoms with Crippen LogP contribution in [0.5, 0.6) is 0 Å². The molecule has 1 N–H and O–H groups in total. The van der Waals surface area contributed by atoms with Crippen LogP contribution in [0.2, 0.25) is 0 Å². The molecule has 0 aliphatic carbocycles. The van der Waals surface area contributed by atoms with Crippen LogP contribution in [0.4, 0.5) is 4.39 Å². The van der Waals surface area contributed by atoms with Gasteiger partial charge in [0.25, 0.3) is 5.91 Å². The Bertz CT molecular complexity index is 371. The predicted octanol–water partition coefficient (Wildman–Crippen LogP) is 1.62. The average Bonchev–Trinajstić information content (AvgIpc) is 2.76. The minimum atomic E-state index is -0.498. The predicted molar refractivity (Wildman–Crippen MR) is 56.0 cm³/mol. The highest BCUT2D eigenvalue weighted by atomic mass is 35.5. The number of carbonyl (C=O) groups is 1. The van der Waals surface area contributed by atoms with E-state index < -0.39 is 11.7 Å². The fourth-order valence-electron chi connectivity index (χ4n) is 1.35. The van der Waals surface area contributed by atoms with Crippen LogP contribution in [0.3, 0.4) is 0 Å². The summed E-state index contributed by atoms with van der Waals surface area (Å²) in [6.45, 7) is 0.798. The first-order valence-electron chi connectivity index (χ1n) is 4.44. The molecular formula is C9H9ClFNO2S. The normalized spacial score (nSPS) is 25.5. The SMILES string of the molecule is O=C(NC1COCC1Cl)c1sccc1F. The number of nitrogens with one attached hydrogen (secondary N) is 1. The molecule has 6 heteroatoms. The van der Waals surface area contributed by atoms with Gasteiger partial charge >= 0.3 is 0 Å². The Morgan fingerprint density at radius 1 is 1.67 bits per heavy atom. The number of hydrogen-bond donors (Lipinski definition) is 1. The fraction of sp³-hybridized carbons (Fsp3) is 0.444. The van der Waals surface area contributed by atoms with Crippen LogP contribution in [0.15, 0.2) is 11.4 Å². The van der Waals surface area contributed by atoms with Gasteiger partial charge in [-0.3, -0.25) is 4.79 Å². The molecule has 2 heterocycles. The van der Waals surface area contributed by atoms with Crippen molar-refractivity contribution in [3.8, 4) is 0 Å². The van der Waals surface area contributed by atoms with Crippen molar-refractivity contribution in [1.82, 2.24) is 5.32 Å². The average molecular weight is 250 g/mol. The number of ether oxygens (including phenoxy) is 1. The van der Waals surface area contributed by atoms with Crippen LogP contribution in [0, 0.1) is 5.82 Å². The highest BCUT2D eigenvalue weighted by molar-refractivity contribution is 7.12. The third-order valence-corrected chi connectivity index (χ3v) is 3.47. The lowest BCUT2D eigenvalue weighted by Crippen LogP contribution is -2.40. The number of thiophene rings is 1. The number of rotatable bonds is 2. The van der Waals surface area contributed by atoms with Crippen molar-refractivity contribution in [3.63, 3.8) is 0 Å². The van der Waals surface area contributed by atoms with Crippen LogP contribution in [0.1, 0.15) is 9.67 Å². The van der Waals surface area contributed by atoms with Gasteiger partial charge in [0.15, 0.2) is 0 Å². The number of alkyl halides is 1. The molecule has 15 heavy (non-hydrogen) atoms. The summed E-state index contributed by atoms with van der Waals surface area (Å²) in [5.74, 6) is -0.925. The van der Waals surface area contributed by atoms with Gasteiger partial charge in [-0.2, -0.15) is 0 Å². The van der Waals surface area contributed by atoms with Gasteiger partial charge < -0.3 is 10.1 Å². The van der Waals surface area contributed by atoms with Crippen molar-refractivity contribution >= 4 is 28.8 Å². The maximum absolute atomic E-state index is 13.1. The second-order valence-corrected chi connectivity index (χ2v) is 4.71. The van der Waals surface area contributed by atoms with Crippen LogP contribution in [-0.4, -0.2) is 30.5 Å². The summed E-state index contributed by atoms with van der Waals surface area (Å²) in [6, 6.07) is 1.03. The van der Waals surface area contributed by atoms with Gasteiger partial charge in [-0.25, -0.2) is 4.39 Å². The van der Waals surface area contributed by atoms with E-state index in [1.807, 2.05) is 0 Å². The molecule has 82 valence electrons. The number of hydrogen-bond acceptors (Lipinski definition) is 3. The van der Waals surface area contributed by atoms with E-state index in [0.717, 1.165) is 11.3 Å². The minimum absolute atomic E-state index is 0.0887. The molecule has 0 radical (unpaired) electrons. The van der Waals surface area contributed by atoms with E-state index in [2.05, 4.69) is 5.32 Å². The van der Waals surface area contributed by atoms with Crippen molar-refractivity contribution in [3.05, 3.63) is 22.1 Å². The van der Waals surface area contributed by atoms with Crippen LogP contribution in [-0.2, 0) is 4.74 Å². The second-order valence-electron chi connectivity index (χ2n) is 3.23. The first-order valence-corrected chi connectivity index (χ1v) is 5.76.